The Morgan fingerprint density at radius 1 is 1.20 bits per heavy atom. The summed E-state index contributed by atoms with van der Waals surface area (Å²) in [4.78, 5) is 12.1. The molecule has 0 aromatic heterocycles. The highest BCUT2D eigenvalue weighted by atomic mass is 16.5. The second-order valence-electron chi connectivity index (χ2n) is 6.20. The zero-order chi connectivity index (χ0) is 14.8. The van der Waals surface area contributed by atoms with Gasteiger partial charge in [-0.1, -0.05) is 46.5 Å². The number of nitrogens with one attached hydrogen (secondary N) is 2. The molecule has 0 radical (unpaired) electrons. The first kappa shape index (κ1) is 17.4. The van der Waals surface area contributed by atoms with Gasteiger partial charge in [0.15, 0.2) is 0 Å². The van der Waals surface area contributed by atoms with Gasteiger partial charge in [-0.05, 0) is 18.9 Å². The fraction of sp³-hybridized carbons (Fsp3) is 0.938. The molecule has 0 saturated carbocycles. The van der Waals surface area contributed by atoms with Gasteiger partial charge in [0.05, 0.1) is 19.1 Å². The fourth-order valence-electron chi connectivity index (χ4n) is 2.65. The van der Waals surface area contributed by atoms with Crippen LogP contribution in [-0.4, -0.2) is 38.3 Å². The van der Waals surface area contributed by atoms with E-state index in [1.54, 1.807) is 0 Å². The number of ether oxygens (including phenoxy) is 1. The summed E-state index contributed by atoms with van der Waals surface area (Å²) in [6.07, 6.45) is 6.20. The fourth-order valence-corrected chi connectivity index (χ4v) is 2.65. The van der Waals surface area contributed by atoms with E-state index in [9.17, 15) is 4.79 Å². The van der Waals surface area contributed by atoms with Crippen molar-refractivity contribution >= 4 is 5.91 Å². The Labute approximate surface area is 124 Å². The van der Waals surface area contributed by atoms with Crippen LogP contribution in [0, 0.1) is 11.8 Å². The Hall–Kier alpha value is -0.610. The molecule has 118 valence electrons. The molecule has 1 fully saturated rings. The Morgan fingerprint density at radius 2 is 1.95 bits per heavy atom. The lowest BCUT2D eigenvalue weighted by atomic mass is 10.0. The largest absolute Gasteiger partial charge is 0.379 e. The molecule has 4 heteroatoms. The summed E-state index contributed by atoms with van der Waals surface area (Å²) < 4.78 is 5.40. The molecular weight excluding hydrogens is 252 g/mol. The molecule has 0 aromatic rings. The van der Waals surface area contributed by atoms with E-state index in [1.807, 2.05) is 0 Å². The van der Waals surface area contributed by atoms with Crippen molar-refractivity contribution in [2.45, 2.75) is 58.9 Å². The van der Waals surface area contributed by atoms with Crippen LogP contribution in [-0.2, 0) is 9.53 Å². The number of unbranched alkanes of at least 4 members (excludes halogenated alkanes) is 3. The number of carbonyl (C=O) groups is 1. The summed E-state index contributed by atoms with van der Waals surface area (Å²) in [6, 6.07) is 0.186. The molecule has 2 unspecified atom stereocenters. The van der Waals surface area contributed by atoms with Crippen molar-refractivity contribution in [3.05, 3.63) is 0 Å². The molecule has 20 heavy (non-hydrogen) atoms. The number of likely N-dealkylation sites (N-methyl/N-ethyl adjacent to an activating group) is 1. The zero-order valence-corrected chi connectivity index (χ0v) is 13.4. The molecule has 1 aliphatic rings. The third-order valence-electron chi connectivity index (χ3n) is 3.89. The SMILES string of the molecule is CCNC1COCC1C(=O)NCCCCCCC(C)C. The molecular formula is C16H32N2O2. The number of hydrogen-bond acceptors (Lipinski definition) is 3. The highest BCUT2D eigenvalue weighted by Gasteiger charge is 2.32. The van der Waals surface area contributed by atoms with E-state index in [1.165, 1.54) is 25.7 Å². The molecule has 0 aromatic carbocycles. The quantitative estimate of drug-likeness (QED) is 0.605. The molecule has 0 aliphatic carbocycles. The van der Waals surface area contributed by atoms with Crippen LogP contribution in [0.25, 0.3) is 0 Å². The van der Waals surface area contributed by atoms with E-state index in [2.05, 4.69) is 31.4 Å². The highest BCUT2D eigenvalue weighted by molar-refractivity contribution is 5.79. The number of hydrogen-bond donors (Lipinski definition) is 2. The van der Waals surface area contributed by atoms with E-state index >= 15 is 0 Å². The molecule has 1 heterocycles. The normalized spacial score (nSPS) is 22.4. The van der Waals surface area contributed by atoms with Crippen molar-refractivity contribution in [3.8, 4) is 0 Å². The van der Waals surface area contributed by atoms with Crippen LogP contribution in [0.3, 0.4) is 0 Å². The third-order valence-corrected chi connectivity index (χ3v) is 3.89. The van der Waals surface area contributed by atoms with Gasteiger partial charge in [0, 0.05) is 12.6 Å². The van der Waals surface area contributed by atoms with Crippen LogP contribution in [0.1, 0.15) is 52.9 Å². The smallest absolute Gasteiger partial charge is 0.227 e. The van der Waals surface area contributed by atoms with E-state index in [0.29, 0.717) is 13.2 Å². The summed E-state index contributed by atoms with van der Waals surface area (Å²) in [7, 11) is 0. The first-order chi connectivity index (χ1) is 9.65. The summed E-state index contributed by atoms with van der Waals surface area (Å²) in [5.41, 5.74) is 0. The molecule has 2 N–H and O–H groups in total. The van der Waals surface area contributed by atoms with Crippen LogP contribution < -0.4 is 10.6 Å². The predicted octanol–water partition coefficient (Wildman–Crippen LogP) is 2.33. The lowest BCUT2D eigenvalue weighted by Crippen LogP contribution is -2.44. The molecule has 1 saturated heterocycles. The highest BCUT2D eigenvalue weighted by Crippen LogP contribution is 2.14. The Balaban J connectivity index is 2.05. The average Bonchev–Trinajstić information content (AvgIpc) is 2.86. The maximum atomic E-state index is 12.1. The van der Waals surface area contributed by atoms with Crippen LogP contribution in [0.2, 0.25) is 0 Å². The summed E-state index contributed by atoms with van der Waals surface area (Å²) in [5, 5.41) is 6.37. The molecule has 0 bridgehead atoms. The van der Waals surface area contributed by atoms with Crippen LogP contribution in [0.5, 0.6) is 0 Å². The van der Waals surface area contributed by atoms with Gasteiger partial charge in [0.1, 0.15) is 0 Å². The van der Waals surface area contributed by atoms with Gasteiger partial charge in [-0.2, -0.15) is 0 Å². The molecule has 1 amide bonds. The van der Waals surface area contributed by atoms with Gasteiger partial charge in [-0.25, -0.2) is 0 Å². The van der Waals surface area contributed by atoms with E-state index in [-0.39, 0.29) is 17.9 Å². The number of carbonyl (C=O) groups excluding carboxylic acids is 1. The first-order valence-corrected chi connectivity index (χ1v) is 8.24. The lowest BCUT2D eigenvalue weighted by Gasteiger charge is -2.17. The van der Waals surface area contributed by atoms with Crippen molar-refractivity contribution in [2.75, 3.05) is 26.3 Å². The minimum atomic E-state index is -0.0177. The third kappa shape index (κ3) is 6.71. The van der Waals surface area contributed by atoms with Gasteiger partial charge in [-0.3, -0.25) is 4.79 Å². The molecule has 2 atom stereocenters. The van der Waals surface area contributed by atoms with Crippen LogP contribution in [0.4, 0.5) is 0 Å². The van der Waals surface area contributed by atoms with Crippen molar-refractivity contribution in [1.29, 1.82) is 0 Å². The number of rotatable bonds is 10. The van der Waals surface area contributed by atoms with Crippen molar-refractivity contribution in [3.63, 3.8) is 0 Å². The average molecular weight is 284 g/mol. The van der Waals surface area contributed by atoms with Crippen molar-refractivity contribution in [2.24, 2.45) is 11.8 Å². The number of amides is 1. The molecule has 1 aliphatic heterocycles. The summed E-state index contributed by atoms with van der Waals surface area (Å²) in [6.45, 7) is 9.49. The molecule has 0 spiro atoms. The predicted molar refractivity (Wildman–Crippen MR) is 82.7 cm³/mol. The lowest BCUT2D eigenvalue weighted by molar-refractivity contribution is -0.125. The Kier molecular flexibility index (Phi) is 8.86. The Bertz CT molecular complexity index is 269. The van der Waals surface area contributed by atoms with Gasteiger partial charge in [-0.15, -0.1) is 0 Å². The van der Waals surface area contributed by atoms with Gasteiger partial charge in [0.25, 0.3) is 0 Å². The van der Waals surface area contributed by atoms with Crippen molar-refractivity contribution in [1.82, 2.24) is 10.6 Å². The van der Waals surface area contributed by atoms with Crippen LogP contribution >= 0.6 is 0 Å². The summed E-state index contributed by atoms with van der Waals surface area (Å²) >= 11 is 0. The zero-order valence-electron chi connectivity index (χ0n) is 13.4. The van der Waals surface area contributed by atoms with Crippen LogP contribution in [0.15, 0.2) is 0 Å². The van der Waals surface area contributed by atoms with Gasteiger partial charge >= 0.3 is 0 Å². The summed E-state index contributed by atoms with van der Waals surface area (Å²) in [5.74, 6) is 0.937. The monoisotopic (exact) mass is 284 g/mol. The first-order valence-electron chi connectivity index (χ1n) is 8.24. The minimum Gasteiger partial charge on any atom is -0.379 e. The Morgan fingerprint density at radius 3 is 2.65 bits per heavy atom. The van der Waals surface area contributed by atoms with Gasteiger partial charge in [0.2, 0.25) is 5.91 Å². The molecule has 4 nitrogen and oxygen atoms in total. The minimum absolute atomic E-state index is 0.0177. The van der Waals surface area contributed by atoms with E-state index < -0.39 is 0 Å². The van der Waals surface area contributed by atoms with Crippen molar-refractivity contribution < 1.29 is 9.53 Å². The second-order valence-corrected chi connectivity index (χ2v) is 6.20. The maximum absolute atomic E-state index is 12.1. The second kappa shape index (κ2) is 10.2. The standard InChI is InChI=1S/C16H32N2O2/c1-4-17-15-12-20-11-14(15)16(19)18-10-8-6-5-7-9-13(2)3/h13-15,17H,4-12H2,1-3H3,(H,18,19). The van der Waals surface area contributed by atoms with E-state index in [0.717, 1.165) is 25.4 Å². The van der Waals surface area contributed by atoms with E-state index in [4.69, 9.17) is 4.74 Å². The van der Waals surface area contributed by atoms with Gasteiger partial charge < -0.3 is 15.4 Å². The maximum Gasteiger partial charge on any atom is 0.227 e. The topological polar surface area (TPSA) is 50.4 Å². The molecule has 1 rings (SSSR count).